The van der Waals surface area contributed by atoms with E-state index in [4.69, 9.17) is 0 Å². The molecule has 3 aliphatic carbocycles. The minimum atomic E-state index is -0.605. The van der Waals surface area contributed by atoms with E-state index in [0.717, 1.165) is 17.1 Å². The Labute approximate surface area is 184 Å². The number of aliphatic hydroxyl groups is 2. The molecule has 0 heterocycles. The largest absolute Gasteiger partial charge is 0.393 e. The van der Waals surface area contributed by atoms with Crippen molar-refractivity contribution in [3.05, 3.63) is 47.6 Å². The summed E-state index contributed by atoms with van der Waals surface area (Å²) in [5.41, 5.74) is 3.77. The molecular formula is C28H44O2. The number of aliphatic hydroxyl groups excluding tert-OH is 2. The number of fused-ring (bicyclic) bond motifs is 1. The fourth-order valence-electron chi connectivity index (χ4n) is 6.32. The van der Waals surface area contributed by atoms with Crippen LogP contribution >= 0.6 is 0 Å². The first-order valence-electron chi connectivity index (χ1n) is 12.3. The van der Waals surface area contributed by atoms with Gasteiger partial charge in [-0.3, -0.25) is 0 Å². The van der Waals surface area contributed by atoms with E-state index in [1.807, 2.05) is 0 Å². The standard InChI is InChI=1S/C28H44O2/c1-18(2)19(3)9-10-20(4)25-13-14-26-22(8-7-15-28(25,26)6)11-12-23-16-24(29)17-27(30)21(23)5/h9-12,18-20,24-27,29-30H,5,7-8,13-17H2,1-4,6H3/b10-9+,22-11?,23-12-/t19-,20+,24+,25+,26-,27-,28+/m0/s1. The maximum Gasteiger partial charge on any atom is 0.0811 e. The third kappa shape index (κ3) is 4.86. The van der Waals surface area contributed by atoms with Crippen molar-refractivity contribution in [2.24, 2.45) is 35.0 Å². The Kier molecular flexibility index (Phi) is 7.51. The summed E-state index contributed by atoms with van der Waals surface area (Å²) in [4.78, 5) is 0. The van der Waals surface area contributed by atoms with Crippen LogP contribution in [0, 0.1) is 35.0 Å². The second-order valence-electron chi connectivity index (χ2n) is 11.0. The van der Waals surface area contributed by atoms with Crippen LogP contribution in [0.15, 0.2) is 47.6 Å². The average Bonchev–Trinajstić information content (AvgIpc) is 3.04. The Morgan fingerprint density at radius 2 is 1.80 bits per heavy atom. The summed E-state index contributed by atoms with van der Waals surface area (Å²) in [6.07, 6.45) is 15.8. The van der Waals surface area contributed by atoms with Gasteiger partial charge in [-0.1, -0.05) is 71.1 Å². The Balaban J connectivity index is 1.76. The molecule has 2 heteroatoms. The molecule has 0 unspecified atom stereocenters. The van der Waals surface area contributed by atoms with E-state index in [0.29, 0.717) is 41.9 Å². The van der Waals surface area contributed by atoms with Gasteiger partial charge in [0.05, 0.1) is 12.2 Å². The van der Waals surface area contributed by atoms with E-state index in [2.05, 4.69) is 65.5 Å². The van der Waals surface area contributed by atoms with Crippen molar-refractivity contribution in [1.82, 2.24) is 0 Å². The molecule has 2 nitrogen and oxygen atoms in total. The summed E-state index contributed by atoms with van der Waals surface area (Å²) in [5, 5.41) is 20.2. The highest BCUT2D eigenvalue weighted by Gasteiger charge is 2.50. The number of hydrogen-bond acceptors (Lipinski definition) is 2. The first kappa shape index (κ1) is 23.5. The van der Waals surface area contributed by atoms with Crippen LogP contribution in [-0.4, -0.2) is 22.4 Å². The molecular weight excluding hydrogens is 368 g/mol. The number of allylic oxidation sites excluding steroid dienone is 5. The minimum absolute atomic E-state index is 0.385. The summed E-state index contributed by atoms with van der Waals surface area (Å²) in [5.74, 6) is 3.38. The first-order valence-corrected chi connectivity index (χ1v) is 12.3. The second-order valence-corrected chi connectivity index (χ2v) is 11.0. The normalized spacial score (nSPS) is 39.8. The predicted octanol–water partition coefficient (Wildman–Crippen LogP) is 6.61. The van der Waals surface area contributed by atoms with Crippen molar-refractivity contribution in [2.45, 2.75) is 91.8 Å². The van der Waals surface area contributed by atoms with Crippen LogP contribution in [0.4, 0.5) is 0 Å². The molecule has 0 spiro atoms. The third-order valence-corrected chi connectivity index (χ3v) is 8.71. The maximum atomic E-state index is 10.1. The predicted molar refractivity (Wildman–Crippen MR) is 127 cm³/mol. The van der Waals surface area contributed by atoms with Crippen molar-refractivity contribution in [1.29, 1.82) is 0 Å². The van der Waals surface area contributed by atoms with Crippen LogP contribution in [0.1, 0.15) is 79.6 Å². The summed E-state index contributed by atoms with van der Waals surface area (Å²) in [6, 6.07) is 0. The number of hydrogen-bond donors (Lipinski definition) is 2. The van der Waals surface area contributed by atoms with Crippen LogP contribution in [0.3, 0.4) is 0 Å². The SMILES string of the molecule is C=C1/C(=C\C=C2CCC[C@]3(C)[C@@H]([C@H](C)/C=C/[C@H](C)C(C)C)CC[C@@H]23)C[C@@H](O)C[C@@H]1O. The van der Waals surface area contributed by atoms with Gasteiger partial charge in [-0.2, -0.15) is 0 Å². The van der Waals surface area contributed by atoms with Gasteiger partial charge in [0.15, 0.2) is 0 Å². The highest BCUT2D eigenvalue weighted by molar-refractivity contribution is 5.38. The van der Waals surface area contributed by atoms with E-state index in [1.54, 1.807) is 5.57 Å². The lowest BCUT2D eigenvalue weighted by Gasteiger charge is -2.44. The van der Waals surface area contributed by atoms with E-state index in [-0.39, 0.29) is 0 Å². The monoisotopic (exact) mass is 412 g/mol. The summed E-state index contributed by atoms with van der Waals surface area (Å²) >= 11 is 0. The Morgan fingerprint density at radius 1 is 1.07 bits per heavy atom. The molecule has 168 valence electrons. The van der Waals surface area contributed by atoms with E-state index in [1.165, 1.54) is 32.1 Å². The van der Waals surface area contributed by atoms with Crippen molar-refractivity contribution < 1.29 is 10.2 Å². The van der Waals surface area contributed by atoms with Gasteiger partial charge in [0, 0.05) is 6.42 Å². The molecule has 3 fully saturated rings. The molecule has 0 aromatic rings. The topological polar surface area (TPSA) is 40.5 Å². The van der Waals surface area contributed by atoms with Crippen LogP contribution in [0.2, 0.25) is 0 Å². The molecule has 0 bridgehead atoms. The average molecular weight is 413 g/mol. The second kappa shape index (κ2) is 9.57. The van der Waals surface area contributed by atoms with Crippen LogP contribution in [0.25, 0.3) is 0 Å². The number of rotatable bonds is 5. The smallest absolute Gasteiger partial charge is 0.0811 e. The van der Waals surface area contributed by atoms with E-state index in [9.17, 15) is 10.2 Å². The van der Waals surface area contributed by atoms with Gasteiger partial charge in [0.1, 0.15) is 0 Å². The quantitative estimate of drug-likeness (QED) is 0.499. The van der Waals surface area contributed by atoms with Gasteiger partial charge >= 0.3 is 0 Å². The Morgan fingerprint density at radius 3 is 2.50 bits per heavy atom. The molecule has 3 rings (SSSR count). The fraction of sp³-hybridized carbons (Fsp3) is 0.714. The molecule has 2 N–H and O–H groups in total. The molecule has 3 saturated carbocycles. The summed E-state index contributed by atoms with van der Waals surface area (Å²) in [7, 11) is 0. The lowest BCUT2D eigenvalue weighted by molar-refractivity contribution is 0.0862. The third-order valence-electron chi connectivity index (χ3n) is 8.71. The highest BCUT2D eigenvalue weighted by Crippen LogP contribution is 2.59. The van der Waals surface area contributed by atoms with Gasteiger partial charge in [-0.05, 0) is 84.7 Å². The molecule has 0 aromatic heterocycles. The molecule has 0 aliphatic heterocycles. The highest BCUT2D eigenvalue weighted by atomic mass is 16.3. The van der Waals surface area contributed by atoms with Crippen LogP contribution in [-0.2, 0) is 0 Å². The lowest BCUT2D eigenvalue weighted by atomic mass is 9.61. The maximum absolute atomic E-state index is 10.1. The zero-order chi connectivity index (χ0) is 22.1. The molecule has 0 amide bonds. The van der Waals surface area contributed by atoms with E-state index < -0.39 is 12.2 Å². The van der Waals surface area contributed by atoms with Crippen molar-refractivity contribution in [3.8, 4) is 0 Å². The molecule has 0 radical (unpaired) electrons. The fourth-order valence-corrected chi connectivity index (χ4v) is 6.32. The van der Waals surface area contributed by atoms with Crippen LogP contribution < -0.4 is 0 Å². The molecule has 30 heavy (non-hydrogen) atoms. The van der Waals surface area contributed by atoms with Crippen LogP contribution in [0.5, 0.6) is 0 Å². The Bertz CT molecular complexity index is 712. The van der Waals surface area contributed by atoms with Gasteiger partial charge in [-0.25, -0.2) is 0 Å². The van der Waals surface area contributed by atoms with Gasteiger partial charge in [0.2, 0.25) is 0 Å². The van der Waals surface area contributed by atoms with Crippen molar-refractivity contribution >= 4 is 0 Å². The molecule has 7 atom stereocenters. The molecule has 3 aliphatic rings. The van der Waals surface area contributed by atoms with Gasteiger partial charge in [-0.15, -0.1) is 0 Å². The van der Waals surface area contributed by atoms with Crippen molar-refractivity contribution in [2.75, 3.05) is 0 Å². The van der Waals surface area contributed by atoms with E-state index >= 15 is 0 Å². The van der Waals surface area contributed by atoms with Gasteiger partial charge < -0.3 is 10.2 Å². The first-order chi connectivity index (χ1) is 14.1. The van der Waals surface area contributed by atoms with Crippen molar-refractivity contribution in [3.63, 3.8) is 0 Å². The zero-order valence-corrected chi connectivity index (χ0v) is 19.9. The Hall–Kier alpha value is -1.12. The zero-order valence-electron chi connectivity index (χ0n) is 19.9. The lowest BCUT2D eigenvalue weighted by Crippen LogP contribution is -2.35. The summed E-state index contributed by atoms with van der Waals surface area (Å²) in [6.45, 7) is 16.0. The summed E-state index contributed by atoms with van der Waals surface area (Å²) < 4.78 is 0. The molecule has 0 saturated heterocycles. The molecule has 0 aromatic carbocycles. The minimum Gasteiger partial charge on any atom is -0.393 e. The van der Waals surface area contributed by atoms with Gasteiger partial charge in [0.25, 0.3) is 0 Å².